The molecular weight excluding hydrogens is 300 g/mol. The zero-order valence-corrected chi connectivity index (χ0v) is 12.0. The topological polar surface area (TPSA) is 194 Å². The van der Waals surface area contributed by atoms with Crippen molar-refractivity contribution in [2.24, 2.45) is 5.73 Å². The van der Waals surface area contributed by atoms with Gasteiger partial charge in [0, 0.05) is 6.54 Å². The average molecular weight is 324 g/mol. The fourth-order valence-electron chi connectivity index (χ4n) is 1.61. The summed E-state index contributed by atoms with van der Waals surface area (Å²) < 4.78 is 0. The molecule has 0 aromatic heterocycles. The van der Waals surface area contributed by atoms with Crippen LogP contribution in [0.4, 0.5) is 0 Å². The van der Waals surface area contributed by atoms with Crippen LogP contribution >= 0.6 is 0 Å². The van der Waals surface area contributed by atoms with E-state index >= 15 is 0 Å². The van der Waals surface area contributed by atoms with Crippen LogP contribution in [0, 0.1) is 0 Å². The lowest BCUT2D eigenvalue weighted by Gasteiger charge is -2.24. The van der Waals surface area contributed by atoms with Gasteiger partial charge in [-0.25, -0.2) is 0 Å². The van der Waals surface area contributed by atoms with Crippen LogP contribution in [0.5, 0.6) is 0 Å². The molecule has 0 spiro atoms. The molecule has 130 valence electrons. The number of unbranched alkanes of at least 4 members (excludes halogenated alkanes) is 1. The van der Waals surface area contributed by atoms with E-state index in [1.165, 1.54) is 0 Å². The molecule has 5 unspecified atom stereocenters. The third-order valence-corrected chi connectivity index (χ3v) is 3.08. The van der Waals surface area contributed by atoms with Gasteiger partial charge in [0.1, 0.15) is 24.4 Å². The highest BCUT2D eigenvalue weighted by atomic mass is 16.4. The van der Waals surface area contributed by atoms with Crippen molar-refractivity contribution in [1.29, 1.82) is 0 Å². The Morgan fingerprint density at radius 3 is 2.14 bits per heavy atom. The Hall–Kier alpha value is -1.30. The Kier molecular flexibility index (Phi) is 9.81. The molecule has 0 saturated heterocycles. The second-order valence-electron chi connectivity index (χ2n) is 4.91. The number of carboxylic acids is 1. The minimum atomic E-state index is -1.97. The Balaban J connectivity index is 4.03. The fourth-order valence-corrected chi connectivity index (χ4v) is 1.61. The lowest BCUT2D eigenvalue weighted by molar-refractivity contribution is -0.149. The maximum absolute atomic E-state index is 11.5. The van der Waals surface area contributed by atoms with E-state index in [2.05, 4.69) is 5.32 Å². The van der Waals surface area contributed by atoms with E-state index in [1.807, 2.05) is 0 Å². The number of aliphatic hydroxyl groups excluding tert-OH is 5. The third-order valence-electron chi connectivity index (χ3n) is 3.08. The second kappa shape index (κ2) is 10.4. The second-order valence-corrected chi connectivity index (χ2v) is 4.91. The van der Waals surface area contributed by atoms with Crippen molar-refractivity contribution >= 4 is 11.9 Å². The van der Waals surface area contributed by atoms with Gasteiger partial charge in [-0.1, -0.05) is 0 Å². The van der Waals surface area contributed by atoms with Crippen molar-refractivity contribution < 1.29 is 40.2 Å². The lowest BCUT2D eigenvalue weighted by Crippen LogP contribution is -2.51. The van der Waals surface area contributed by atoms with Crippen LogP contribution in [0.1, 0.15) is 19.3 Å². The van der Waals surface area contributed by atoms with Crippen molar-refractivity contribution in [2.45, 2.75) is 49.7 Å². The molecule has 0 fully saturated rings. The number of nitrogens with two attached hydrogens (primary N) is 1. The third kappa shape index (κ3) is 7.11. The molecule has 0 aliphatic heterocycles. The summed E-state index contributed by atoms with van der Waals surface area (Å²) in [6.07, 6.45) is -6.40. The number of carbonyl (C=O) groups is 2. The van der Waals surface area contributed by atoms with Crippen LogP contribution in [-0.2, 0) is 9.59 Å². The van der Waals surface area contributed by atoms with Gasteiger partial charge in [-0.15, -0.1) is 0 Å². The molecular formula is C12H24N2O8. The minimum Gasteiger partial charge on any atom is -0.480 e. The normalized spacial score (nSPS) is 18.1. The van der Waals surface area contributed by atoms with Gasteiger partial charge >= 0.3 is 5.97 Å². The lowest BCUT2D eigenvalue weighted by atomic mass is 10.0. The zero-order valence-electron chi connectivity index (χ0n) is 12.0. The minimum absolute atomic E-state index is 0.119. The number of carboxylic acid groups (broad SMARTS) is 1. The first-order chi connectivity index (χ1) is 10.2. The summed E-state index contributed by atoms with van der Waals surface area (Å²) in [6.45, 7) is -0.718. The highest BCUT2D eigenvalue weighted by Gasteiger charge is 2.33. The van der Waals surface area contributed by atoms with Gasteiger partial charge < -0.3 is 41.7 Å². The predicted molar refractivity (Wildman–Crippen MR) is 73.6 cm³/mol. The summed E-state index contributed by atoms with van der Waals surface area (Å²) in [5.74, 6) is -2.07. The summed E-state index contributed by atoms with van der Waals surface area (Å²) in [4.78, 5) is 22.0. The van der Waals surface area contributed by atoms with Crippen LogP contribution in [0.3, 0.4) is 0 Å². The van der Waals surface area contributed by atoms with Gasteiger partial charge in [-0.05, 0) is 19.3 Å². The largest absolute Gasteiger partial charge is 0.480 e. The van der Waals surface area contributed by atoms with E-state index in [4.69, 9.17) is 21.1 Å². The Morgan fingerprint density at radius 1 is 1.05 bits per heavy atom. The summed E-state index contributed by atoms with van der Waals surface area (Å²) in [5, 5.41) is 56.9. The van der Waals surface area contributed by atoms with E-state index in [0.717, 1.165) is 0 Å². The van der Waals surface area contributed by atoms with Crippen LogP contribution < -0.4 is 11.1 Å². The number of amides is 1. The molecule has 10 nitrogen and oxygen atoms in total. The summed E-state index contributed by atoms with van der Waals surface area (Å²) in [7, 11) is 0. The molecule has 10 heteroatoms. The quantitative estimate of drug-likeness (QED) is 0.175. The molecule has 0 heterocycles. The first-order valence-electron chi connectivity index (χ1n) is 6.81. The summed E-state index contributed by atoms with van der Waals surface area (Å²) >= 11 is 0. The first kappa shape index (κ1) is 20.7. The molecule has 9 N–H and O–H groups in total. The van der Waals surface area contributed by atoms with E-state index < -0.39 is 48.9 Å². The predicted octanol–water partition coefficient (Wildman–Crippen LogP) is -3.88. The van der Waals surface area contributed by atoms with Crippen LogP contribution in [0.15, 0.2) is 0 Å². The number of carbonyl (C=O) groups excluding carboxylic acids is 1. The average Bonchev–Trinajstić information content (AvgIpc) is 2.50. The number of aliphatic carboxylic acids is 1. The van der Waals surface area contributed by atoms with Crippen LogP contribution in [0.2, 0.25) is 0 Å². The Morgan fingerprint density at radius 2 is 1.64 bits per heavy atom. The fraction of sp³-hybridized carbons (Fsp3) is 0.833. The van der Waals surface area contributed by atoms with Crippen molar-refractivity contribution in [1.82, 2.24) is 5.32 Å². The molecule has 22 heavy (non-hydrogen) atoms. The Labute approximate surface area is 127 Å². The molecule has 0 radical (unpaired) electrons. The molecule has 0 aromatic rings. The van der Waals surface area contributed by atoms with Gasteiger partial charge in [0.2, 0.25) is 0 Å². The Bertz CT molecular complexity index is 354. The molecule has 0 aliphatic rings. The van der Waals surface area contributed by atoms with Gasteiger partial charge in [0.15, 0.2) is 6.10 Å². The van der Waals surface area contributed by atoms with Crippen LogP contribution in [0.25, 0.3) is 0 Å². The molecule has 0 saturated carbocycles. The maximum atomic E-state index is 11.5. The molecule has 0 bridgehead atoms. The van der Waals surface area contributed by atoms with E-state index in [-0.39, 0.29) is 13.0 Å². The van der Waals surface area contributed by atoms with Crippen molar-refractivity contribution in [3.05, 3.63) is 0 Å². The van der Waals surface area contributed by atoms with E-state index in [0.29, 0.717) is 12.8 Å². The van der Waals surface area contributed by atoms with Crippen molar-refractivity contribution in [2.75, 3.05) is 13.2 Å². The van der Waals surface area contributed by atoms with Gasteiger partial charge in [0.25, 0.3) is 5.91 Å². The van der Waals surface area contributed by atoms with Gasteiger partial charge in [-0.2, -0.15) is 0 Å². The summed E-state index contributed by atoms with van der Waals surface area (Å²) in [6, 6.07) is -0.974. The standard InChI is InChI=1S/C12H24N2O8/c13-6(12(21)22)3-1-2-4-14-11(20)10(19)9(18)8(17)7(16)5-15/h6-10,15-19H,1-5,13H2,(H,14,20)(H,21,22). The molecule has 0 aliphatic carbocycles. The molecule has 0 rings (SSSR count). The number of hydrogen-bond acceptors (Lipinski definition) is 8. The van der Waals surface area contributed by atoms with Gasteiger partial charge in [-0.3, -0.25) is 9.59 Å². The van der Waals surface area contributed by atoms with Crippen molar-refractivity contribution in [3.63, 3.8) is 0 Å². The monoisotopic (exact) mass is 324 g/mol. The van der Waals surface area contributed by atoms with Crippen LogP contribution in [-0.4, -0.2) is 86.1 Å². The molecule has 5 atom stereocenters. The molecule has 0 aromatic carbocycles. The number of rotatable bonds is 11. The number of nitrogens with one attached hydrogen (secondary N) is 1. The van der Waals surface area contributed by atoms with Gasteiger partial charge in [0.05, 0.1) is 6.61 Å². The van der Waals surface area contributed by atoms with E-state index in [1.54, 1.807) is 0 Å². The number of aliphatic hydroxyl groups is 5. The van der Waals surface area contributed by atoms with E-state index in [9.17, 15) is 24.9 Å². The maximum Gasteiger partial charge on any atom is 0.320 e. The molecule has 1 amide bonds. The smallest absolute Gasteiger partial charge is 0.320 e. The first-order valence-corrected chi connectivity index (χ1v) is 6.81. The highest BCUT2D eigenvalue weighted by molar-refractivity contribution is 5.81. The SMILES string of the molecule is NC(CCCCNC(=O)C(O)C(O)C(O)C(O)CO)C(=O)O. The summed E-state index contributed by atoms with van der Waals surface area (Å²) in [5.41, 5.74) is 5.29. The highest BCUT2D eigenvalue weighted by Crippen LogP contribution is 2.05. The zero-order chi connectivity index (χ0) is 17.3. The van der Waals surface area contributed by atoms with Crippen molar-refractivity contribution in [3.8, 4) is 0 Å². The number of hydrogen-bond donors (Lipinski definition) is 8.